The fraction of sp³-hybridized carbons (Fsp3) is 0.278. The Morgan fingerprint density at radius 2 is 2.06 bits per heavy atom. The number of hydrogen-bond donors (Lipinski definition) is 6. The average Bonchev–Trinajstić information content (AvgIpc) is 3.14. The number of fused-ring (bicyclic) bond motifs is 1. The number of aromatic nitrogens is 4. The van der Waals surface area contributed by atoms with Crippen LogP contribution in [0.25, 0.3) is 16.8 Å². The first-order valence-corrected chi connectivity index (χ1v) is 9.71. The molecule has 0 fully saturated rings. The van der Waals surface area contributed by atoms with Crippen molar-refractivity contribution in [3.05, 3.63) is 36.2 Å². The number of anilines is 2. The van der Waals surface area contributed by atoms with E-state index < -0.39 is 23.6 Å². The molecule has 3 heterocycles. The van der Waals surface area contributed by atoms with Crippen LogP contribution in [0.3, 0.4) is 0 Å². The number of hydrogen-bond acceptors (Lipinski definition) is 7. The minimum absolute atomic E-state index is 0.00487. The van der Waals surface area contributed by atoms with Crippen molar-refractivity contribution < 1.29 is 23.1 Å². The molecular formula is C18H23F3N11O+. The number of carbonyl (C=O) groups excluding carboxylic acids is 1. The highest BCUT2D eigenvalue weighted by molar-refractivity contribution is 5.88. The van der Waals surface area contributed by atoms with Gasteiger partial charge in [0.05, 0.1) is 18.5 Å². The molecule has 0 unspecified atom stereocenters. The number of carbonyl (C=O) groups is 1. The lowest BCUT2D eigenvalue weighted by Gasteiger charge is -2.11. The molecule has 0 saturated carbocycles. The lowest BCUT2D eigenvalue weighted by Crippen LogP contribution is -2.88. The maximum Gasteiger partial charge on any atom is 0.419 e. The van der Waals surface area contributed by atoms with Gasteiger partial charge in [-0.25, -0.2) is 20.1 Å². The maximum absolute atomic E-state index is 13.1. The lowest BCUT2D eigenvalue weighted by molar-refractivity contribution is -0.649. The number of rotatable bonds is 7. The highest BCUT2D eigenvalue weighted by Crippen LogP contribution is 2.35. The van der Waals surface area contributed by atoms with Gasteiger partial charge >= 0.3 is 12.2 Å². The summed E-state index contributed by atoms with van der Waals surface area (Å²) in [6, 6.07) is 3.46. The molecule has 0 radical (unpaired) electrons. The average molecular weight is 466 g/mol. The number of hydrazone groups is 1. The molecule has 0 spiro atoms. The summed E-state index contributed by atoms with van der Waals surface area (Å²) < 4.78 is 40.7. The van der Waals surface area contributed by atoms with E-state index in [-0.39, 0.29) is 18.1 Å². The Bertz CT molecular complexity index is 1180. The number of pyridine rings is 2. The maximum atomic E-state index is 13.1. The second-order valence-corrected chi connectivity index (χ2v) is 6.86. The zero-order chi connectivity index (χ0) is 24.2. The van der Waals surface area contributed by atoms with Gasteiger partial charge in [-0.15, -0.1) is 5.10 Å². The molecule has 0 aromatic carbocycles. The van der Waals surface area contributed by atoms with E-state index in [0.717, 1.165) is 6.07 Å². The molecule has 3 rings (SSSR count). The van der Waals surface area contributed by atoms with Gasteiger partial charge in [-0.3, -0.25) is 11.1 Å². The summed E-state index contributed by atoms with van der Waals surface area (Å²) in [6.07, 6.45) is -1.60. The Morgan fingerprint density at radius 3 is 2.76 bits per heavy atom. The molecular weight excluding hydrogens is 443 g/mol. The monoisotopic (exact) mass is 466 g/mol. The lowest BCUT2D eigenvalue weighted by atomic mass is 10.1. The topological polar surface area (TPSA) is 179 Å². The van der Waals surface area contributed by atoms with E-state index in [0.29, 0.717) is 30.0 Å². The van der Waals surface area contributed by atoms with E-state index in [4.69, 9.17) is 17.3 Å². The Kier molecular flexibility index (Phi) is 6.81. The molecule has 176 valence electrons. The van der Waals surface area contributed by atoms with Crippen LogP contribution >= 0.6 is 0 Å². The Hall–Kier alpha value is -4.14. The normalized spacial score (nSPS) is 12.1. The number of hydrazine groups is 2. The van der Waals surface area contributed by atoms with Crippen molar-refractivity contribution in [1.29, 1.82) is 0 Å². The van der Waals surface area contributed by atoms with E-state index in [1.165, 1.54) is 22.0 Å². The quantitative estimate of drug-likeness (QED) is 0.116. The molecule has 0 bridgehead atoms. The van der Waals surface area contributed by atoms with Crippen LogP contribution in [-0.4, -0.2) is 49.7 Å². The second kappa shape index (κ2) is 9.56. The van der Waals surface area contributed by atoms with Gasteiger partial charge in [0.2, 0.25) is 0 Å². The Morgan fingerprint density at radius 1 is 1.30 bits per heavy atom. The van der Waals surface area contributed by atoms with E-state index in [1.807, 2.05) is 6.92 Å². The number of amides is 2. The highest BCUT2D eigenvalue weighted by Gasteiger charge is 2.34. The number of amidine groups is 1. The van der Waals surface area contributed by atoms with Gasteiger partial charge in [0.15, 0.2) is 5.65 Å². The first-order valence-electron chi connectivity index (χ1n) is 9.71. The van der Waals surface area contributed by atoms with E-state index in [1.54, 1.807) is 12.1 Å². The first kappa shape index (κ1) is 23.5. The molecule has 0 saturated heterocycles. The summed E-state index contributed by atoms with van der Waals surface area (Å²) in [5.74, 6) is 5.35. The number of urea groups is 1. The van der Waals surface area contributed by atoms with E-state index >= 15 is 0 Å². The highest BCUT2D eigenvalue weighted by atomic mass is 19.4. The van der Waals surface area contributed by atoms with Crippen molar-refractivity contribution in [1.82, 2.24) is 30.0 Å². The number of nitrogens with one attached hydrogen (secondary N) is 3. The van der Waals surface area contributed by atoms with Crippen molar-refractivity contribution in [2.75, 3.05) is 24.1 Å². The van der Waals surface area contributed by atoms with Gasteiger partial charge in [-0.1, -0.05) is 0 Å². The molecule has 33 heavy (non-hydrogen) atoms. The van der Waals surface area contributed by atoms with Crippen molar-refractivity contribution >= 4 is 29.3 Å². The van der Waals surface area contributed by atoms with E-state index in [9.17, 15) is 18.0 Å². The number of nitrogens with zero attached hydrogens (tertiary/aromatic N) is 5. The Labute approximate surface area is 185 Å². The molecule has 3 aromatic rings. The fourth-order valence-electron chi connectivity index (χ4n) is 2.74. The molecule has 0 aliphatic rings. The van der Waals surface area contributed by atoms with Crippen LogP contribution in [-0.2, 0) is 6.18 Å². The van der Waals surface area contributed by atoms with Crippen LogP contribution in [0.2, 0.25) is 0 Å². The second-order valence-electron chi connectivity index (χ2n) is 6.86. The molecule has 15 heteroatoms. The van der Waals surface area contributed by atoms with Gasteiger partial charge in [0.1, 0.15) is 5.82 Å². The predicted octanol–water partition coefficient (Wildman–Crippen LogP) is -0.548. The first-order chi connectivity index (χ1) is 15.6. The van der Waals surface area contributed by atoms with Crippen molar-refractivity contribution in [2.45, 2.75) is 19.5 Å². The van der Waals surface area contributed by atoms with Gasteiger partial charge in [0, 0.05) is 30.1 Å². The van der Waals surface area contributed by atoms with E-state index in [2.05, 4.69) is 30.8 Å². The molecule has 0 aliphatic carbocycles. The summed E-state index contributed by atoms with van der Waals surface area (Å²) in [6.45, 7) is 2.60. The van der Waals surface area contributed by atoms with Crippen molar-refractivity contribution in [3.63, 3.8) is 0 Å². The van der Waals surface area contributed by atoms with Crippen LogP contribution in [0.4, 0.5) is 29.7 Å². The summed E-state index contributed by atoms with van der Waals surface area (Å²) in [5.41, 5.74) is 11.0. The SMILES string of the molecule is CCN(N)/[NH+]=C(\N)CCNC(=O)Nc1nc2ccc(-c3cnc(N)c(C(F)(F)F)c3)cn2n1. The van der Waals surface area contributed by atoms with Gasteiger partial charge in [-0.2, -0.15) is 28.4 Å². The van der Waals surface area contributed by atoms with Gasteiger partial charge < -0.3 is 11.1 Å². The summed E-state index contributed by atoms with van der Waals surface area (Å²) in [4.78, 5) is 19.8. The van der Waals surface area contributed by atoms with Crippen LogP contribution in [0, 0.1) is 0 Å². The molecule has 0 atom stereocenters. The van der Waals surface area contributed by atoms with Crippen LogP contribution in [0.15, 0.2) is 30.6 Å². The third-order valence-corrected chi connectivity index (χ3v) is 4.42. The van der Waals surface area contributed by atoms with Crippen LogP contribution < -0.4 is 33.0 Å². The zero-order valence-electron chi connectivity index (χ0n) is 17.5. The number of nitrogens with two attached hydrogens (primary N) is 3. The van der Waals surface area contributed by atoms with Crippen LogP contribution in [0.1, 0.15) is 18.9 Å². The van der Waals surface area contributed by atoms with Crippen LogP contribution in [0.5, 0.6) is 0 Å². The predicted molar refractivity (Wildman–Crippen MR) is 114 cm³/mol. The number of nitrogen functional groups attached to an aromatic ring is 1. The van der Waals surface area contributed by atoms with Crippen molar-refractivity contribution in [2.24, 2.45) is 11.6 Å². The third-order valence-electron chi connectivity index (χ3n) is 4.42. The minimum atomic E-state index is -4.63. The molecule has 2 amide bonds. The molecule has 3 aromatic heterocycles. The molecule has 12 nitrogen and oxygen atoms in total. The summed E-state index contributed by atoms with van der Waals surface area (Å²) in [5, 5.41) is 13.2. The Balaban J connectivity index is 1.68. The van der Waals surface area contributed by atoms with Gasteiger partial charge in [-0.05, 0) is 25.1 Å². The smallest absolute Gasteiger partial charge is 0.383 e. The molecule has 9 N–H and O–H groups in total. The number of alkyl halides is 3. The standard InChI is InChI=1S/C18H22F3N11O/c1-2-32(24)29-13(22)5-6-25-17(33)28-16-27-14-4-3-10(9-31(14)30-16)11-7-12(18(19,20)21)15(23)26-8-11/h3-4,7-9H,2,5-6,24H2,1H3,(H2,22,29)(H2,23,26)(H2,25,28,30,33)/p+1. The van der Waals surface area contributed by atoms with Gasteiger partial charge in [0.25, 0.3) is 11.8 Å². The largest absolute Gasteiger partial charge is 0.419 e. The van der Waals surface area contributed by atoms with Crippen molar-refractivity contribution in [3.8, 4) is 11.1 Å². The summed E-state index contributed by atoms with van der Waals surface area (Å²) in [7, 11) is 0. The third kappa shape index (κ3) is 5.97. The number of halogens is 3. The fourth-order valence-corrected chi connectivity index (χ4v) is 2.74. The molecule has 0 aliphatic heterocycles. The zero-order valence-corrected chi connectivity index (χ0v) is 17.5. The summed E-state index contributed by atoms with van der Waals surface area (Å²) >= 11 is 0. The minimum Gasteiger partial charge on any atom is -0.383 e.